The van der Waals surface area contributed by atoms with Gasteiger partial charge in [-0.05, 0) is 84.1 Å². The Morgan fingerprint density at radius 3 is 1.97 bits per heavy atom. The van der Waals surface area contributed by atoms with Crippen molar-refractivity contribution >= 4 is 29.4 Å². The van der Waals surface area contributed by atoms with Crippen molar-refractivity contribution in [3.05, 3.63) is 54.1 Å². The van der Waals surface area contributed by atoms with E-state index in [-0.39, 0.29) is 49.5 Å². The van der Waals surface area contributed by atoms with Crippen molar-refractivity contribution < 1.29 is 107 Å². The van der Waals surface area contributed by atoms with Crippen LogP contribution in [0.4, 0.5) is 0 Å². The molecule has 1 aromatic rings. The maximum absolute atomic E-state index is 14.1. The molecule has 0 amide bonds. The van der Waals surface area contributed by atoms with Crippen LogP contribution in [0.1, 0.15) is 98.5 Å². The zero-order valence-electron chi connectivity index (χ0n) is 46.5. The number of benzene rings is 1. The lowest BCUT2D eigenvalue weighted by atomic mass is 9.52. The SMILES string of the molecule is CO[C@@H]1[C@@H](O)[C@H](O[C@H]2[C@@H](OC)C[C@H](O[C@H]3[C@@H](OC)C[C@H](O[C@H]4CC[C@]5(C)[C@@H](C[C@@H](OC(=O)C=Cc6ccccc6)[C@@]6(C)C(=O)CC[C@@H]6C(C)=O)C(=O)C=C[C@]5(O)C4)O[C@@H]3C)O[C@@H]2C)O[C@H](C)[C@H]1O[C@@H]1O[C@H](CO)[C@@H](O)[C@H](O)[C@H]1O. The first-order valence-electron chi connectivity index (χ1n) is 27.6. The lowest BCUT2D eigenvalue weighted by molar-refractivity contribution is -0.373. The van der Waals surface area contributed by atoms with Crippen molar-refractivity contribution in [2.24, 2.45) is 22.7 Å². The average molecular weight is 1120 g/mol. The molecular weight excluding hydrogens is 1040 g/mol. The Hall–Kier alpha value is -3.50. The number of aliphatic hydroxyl groups is 6. The third kappa shape index (κ3) is 12.6. The molecule has 6 fully saturated rings. The topological polar surface area (TPSA) is 300 Å². The molecular formula is C57H82O22. The third-order valence-electron chi connectivity index (χ3n) is 18.2. The highest BCUT2D eigenvalue weighted by molar-refractivity contribution is 5.97. The second-order valence-electron chi connectivity index (χ2n) is 22.9. The molecule has 79 heavy (non-hydrogen) atoms. The minimum Gasteiger partial charge on any atom is -0.458 e. The standard InChI is InChI=1S/C57H82O22/c1-28(59)34-16-17-40(61)56(34,6)41(76-42(62)18-15-32-13-11-10-12-14-32)23-35-36(60)20-22-57(67)26-33(19-21-55(35,57)5)74-43-24-37(68-7)49(29(2)71-43)77-44-25-38(69-8)50(30(3)72-44)78-54-48(66)52(70-9)51(31(4)73-54)79-53-47(65)46(64)45(63)39(27-58)75-53/h10-15,18,20,22,29-31,33-35,37-39,41,43-54,58,63-67H,16-17,19,21,23-27H2,1-9H3/t29-,30-,31-,33+,34-,35+,37+,38+,39-,41-,43+,44+,45-,46+,47-,48-,49-,50-,51-,52-,53+,54+,55-,56-,57+/m1/s1. The lowest BCUT2D eigenvalue weighted by Crippen LogP contribution is -2.65. The van der Waals surface area contributed by atoms with Gasteiger partial charge < -0.3 is 87.5 Å². The normalized spacial score (nSPS) is 45.1. The summed E-state index contributed by atoms with van der Waals surface area (Å²) in [6.07, 6.45) is -13.1. The molecule has 0 radical (unpaired) electrons. The molecule has 0 spiro atoms. The minimum atomic E-state index is -1.69. The first-order chi connectivity index (χ1) is 37.5. The van der Waals surface area contributed by atoms with Crippen molar-refractivity contribution in [2.75, 3.05) is 27.9 Å². The number of hydrogen-bond acceptors (Lipinski definition) is 22. The Kier molecular flexibility index (Phi) is 19.9. The fourth-order valence-electron chi connectivity index (χ4n) is 13.3. The van der Waals surface area contributed by atoms with Gasteiger partial charge in [-0.1, -0.05) is 37.3 Å². The van der Waals surface area contributed by atoms with Gasteiger partial charge in [0.1, 0.15) is 72.6 Å². The summed E-state index contributed by atoms with van der Waals surface area (Å²) in [5.41, 5.74) is -3.27. The highest BCUT2D eigenvalue weighted by Gasteiger charge is 2.62. The van der Waals surface area contributed by atoms with Crippen LogP contribution >= 0.6 is 0 Å². The van der Waals surface area contributed by atoms with Crippen molar-refractivity contribution in [3.63, 3.8) is 0 Å². The molecule has 22 heteroatoms. The molecule has 22 nitrogen and oxygen atoms in total. The first kappa shape index (κ1) is 61.6. The highest BCUT2D eigenvalue weighted by atomic mass is 16.8. The van der Waals surface area contributed by atoms with E-state index in [2.05, 4.69) is 0 Å². The number of aliphatic hydroxyl groups excluding tert-OH is 5. The number of carbonyl (C=O) groups excluding carboxylic acids is 4. The number of allylic oxidation sites excluding steroid dienone is 1. The fraction of sp³-hybridized carbons (Fsp3) is 0.754. The number of rotatable bonds is 19. The largest absolute Gasteiger partial charge is 0.458 e. The molecule has 8 rings (SSSR count). The Labute approximate surface area is 460 Å². The second kappa shape index (κ2) is 25.6. The van der Waals surface area contributed by atoms with E-state index < -0.39 is 164 Å². The van der Waals surface area contributed by atoms with E-state index >= 15 is 0 Å². The molecule has 6 N–H and O–H groups in total. The predicted octanol–water partition coefficient (Wildman–Crippen LogP) is 2.01. The molecule has 1 aromatic carbocycles. The fourth-order valence-corrected chi connectivity index (χ4v) is 13.3. The molecule has 25 atom stereocenters. The minimum absolute atomic E-state index is 0.0886. The molecule has 7 aliphatic rings. The summed E-state index contributed by atoms with van der Waals surface area (Å²) in [5.74, 6) is -3.03. The van der Waals surface area contributed by atoms with Gasteiger partial charge in [0.15, 0.2) is 30.9 Å². The van der Waals surface area contributed by atoms with Crippen LogP contribution in [0.3, 0.4) is 0 Å². The summed E-state index contributed by atoms with van der Waals surface area (Å²) in [4.78, 5) is 54.5. The molecule has 4 aliphatic heterocycles. The van der Waals surface area contributed by atoms with Crippen LogP contribution in [0.2, 0.25) is 0 Å². The molecule has 2 saturated carbocycles. The van der Waals surface area contributed by atoms with Crippen molar-refractivity contribution in [1.29, 1.82) is 0 Å². The number of ether oxygens (including phenoxy) is 12. The molecule has 0 aromatic heterocycles. The summed E-state index contributed by atoms with van der Waals surface area (Å²) in [6, 6.07) is 9.16. The lowest BCUT2D eigenvalue weighted by Gasteiger charge is -2.55. The van der Waals surface area contributed by atoms with Crippen LogP contribution in [0.25, 0.3) is 6.08 Å². The van der Waals surface area contributed by atoms with Crippen LogP contribution in [0, 0.1) is 22.7 Å². The van der Waals surface area contributed by atoms with Gasteiger partial charge in [0.25, 0.3) is 0 Å². The number of Topliss-reactive ketones (excluding diaryl/α,β-unsaturated/α-hetero) is 2. The number of carbonyl (C=O) groups is 4. The van der Waals surface area contributed by atoms with Gasteiger partial charge in [0, 0.05) is 70.3 Å². The van der Waals surface area contributed by atoms with Crippen LogP contribution in [0.5, 0.6) is 0 Å². The number of methoxy groups -OCH3 is 3. The number of hydrogen-bond donors (Lipinski definition) is 6. The van der Waals surface area contributed by atoms with Crippen molar-refractivity contribution in [3.8, 4) is 0 Å². The Morgan fingerprint density at radius 1 is 0.747 bits per heavy atom. The predicted molar refractivity (Wildman–Crippen MR) is 275 cm³/mol. The van der Waals surface area contributed by atoms with E-state index in [1.165, 1.54) is 39.4 Å². The summed E-state index contributed by atoms with van der Waals surface area (Å²) >= 11 is 0. The summed E-state index contributed by atoms with van der Waals surface area (Å²) in [5, 5.41) is 65.0. The summed E-state index contributed by atoms with van der Waals surface area (Å²) in [7, 11) is 4.43. The van der Waals surface area contributed by atoms with Crippen LogP contribution in [0.15, 0.2) is 48.6 Å². The Bertz CT molecular complexity index is 2320. The van der Waals surface area contributed by atoms with Gasteiger partial charge in [-0.3, -0.25) is 14.4 Å². The van der Waals surface area contributed by atoms with Crippen LogP contribution in [-0.2, 0) is 76.0 Å². The molecule has 0 bridgehead atoms. The van der Waals surface area contributed by atoms with Gasteiger partial charge >= 0.3 is 5.97 Å². The van der Waals surface area contributed by atoms with Gasteiger partial charge in [-0.25, -0.2) is 4.79 Å². The van der Waals surface area contributed by atoms with E-state index in [0.29, 0.717) is 19.3 Å². The van der Waals surface area contributed by atoms with E-state index in [0.717, 1.165) is 5.56 Å². The van der Waals surface area contributed by atoms with Gasteiger partial charge in [0.05, 0.1) is 54.2 Å². The van der Waals surface area contributed by atoms with E-state index in [9.17, 15) is 49.8 Å². The van der Waals surface area contributed by atoms with E-state index in [1.54, 1.807) is 34.0 Å². The third-order valence-corrected chi connectivity index (χ3v) is 18.2. The maximum atomic E-state index is 14.1. The van der Waals surface area contributed by atoms with Gasteiger partial charge in [-0.2, -0.15) is 0 Å². The van der Waals surface area contributed by atoms with Crippen molar-refractivity contribution in [2.45, 2.75) is 221 Å². The monoisotopic (exact) mass is 1120 g/mol. The van der Waals surface area contributed by atoms with Gasteiger partial charge in [0.2, 0.25) is 0 Å². The van der Waals surface area contributed by atoms with Crippen molar-refractivity contribution in [1.82, 2.24) is 0 Å². The average Bonchev–Trinajstić information content (AvgIpc) is 3.97. The quantitative estimate of drug-likeness (QED) is 0.0853. The van der Waals surface area contributed by atoms with E-state index in [4.69, 9.17) is 56.8 Å². The second-order valence-corrected chi connectivity index (χ2v) is 22.9. The molecule has 442 valence electrons. The molecule has 4 heterocycles. The number of fused-ring (bicyclic) bond motifs is 1. The molecule has 0 unspecified atom stereocenters. The van der Waals surface area contributed by atoms with E-state index in [1.807, 2.05) is 44.2 Å². The highest BCUT2D eigenvalue weighted by Crippen LogP contribution is 2.57. The summed E-state index contributed by atoms with van der Waals surface area (Å²) < 4.78 is 73.7. The maximum Gasteiger partial charge on any atom is 0.331 e. The van der Waals surface area contributed by atoms with Crippen LogP contribution < -0.4 is 0 Å². The zero-order chi connectivity index (χ0) is 57.3. The number of esters is 1. The molecule has 3 aliphatic carbocycles. The first-order valence-corrected chi connectivity index (χ1v) is 27.6. The zero-order valence-corrected chi connectivity index (χ0v) is 46.5. The number of ketones is 3. The van der Waals surface area contributed by atoms with Gasteiger partial charge in [-0.15, -0.1) is 0 Å². The summed E-state index contributed by atoms with van der Waals surface area (Å²) in [6.45, 7) is 9.51. The smallest absolute Gasteiger partial charge is 0.331 e. The Balaban J connectivity index is 0.875. The van der Waals surface area contributed by atoms with Crippen LogP contribution in [-0.4, -0.2) is 210 Å². The Morgan fingerprint density at radius 2 is 1.35 bits per heavy atom. The molecule has 4 saturated heterocycles.